The summed E-state index contributed by atoms with van der Waals surface area (Å²) in [6.07, 6.45) is 1.62. The van der Waals surface area contributed by atoms with Gasteiger partial charge < -0.3 is 14.7 Å². The van der Waals surface area contributed by atoms with Gasteiger partial charge in [0.15, 0.2) is 5.65 Å². The number of anilines is 1. The number of fused-ring (bicyclic) bond motifs is 2. The monoisotopic (exact) mass is 289 g/mol. The fourth-order valence-electron chi connectivity index (χ4n) is 3.44. The maximum Gasteiger partial charge on any atom is 0.246 e. The summed E-state index contributed by atoms with van der Waals surface area (Å²) in [6, 6.07) is 0.192. The van der Waals surface area contributed by atoms with Crippen LogP contribution in [0.25, 0.3) is 11.0 Å². The Morgan fingerprint density at radius 3 is 3.05 bits per heavy atom. The number of aromatic nitrogens is 4. The van der Waals surface area contributed by atoms with Crippen LogP contribution in [0.15, 0.2) is 0 Å². The van der Waals surface area contributed by atoms with Gasteiger partial charge >= 0.3 is 0 Å². The second-order valence-electron chi connectivity index (χ2n) is 6.40. The molecule has 112 valence electrons. The molecule has 0 amide bonds. The van der Waals surface area contributed by atoms with Crippen LogP contribution >= 0.6 is 0 Å². The van der Waals surface area contributed by atoms with Crippen LogP contribution in [0.2, 0.25) is 0 Å². The third-order valence-electron chi connectivity index (χ3n) is 4.48. The summed E-state index contributed by atoms with van der Waals surface area (Å²) in [5.74, 6) is 2.06. The maximum atomic E-state index is 10.5. The lowest BCUT2D eigenvalue weighted by Crippen LogP contribution is -2.55. The van der Waals surface area contributed by atoms with Crippen LogP contribution in [-0.2, 0) is 0 Å². The number of ether oxygens (including phenoxy) is 1. The second-order valence-corrected chi connectivity index (χ2v) is 6.40. The van der Waals surface area contributed by atoms with Gasteiger partial charge in [-0.3, -0.25) is 5.10 Å². The molecule has 2 aliphatic rings. The van der Waals surface area contributed by atoms with Crippen molar-refractivity contribution in [2.75, 3.05) is 11.4 Å². The van der Waals surface area contributed by atoms with Gasteiger partial charge in [-0.05, 0) is 33.6 Å². The van der Waals surface area contributed by atoms with Gasteiger partial charge in [0.2, 0.25) is 5.88 Å². The lowest BCUT2D eigenvalue weighted by Gasteiger charge is -2.44. The Balaban J connectivity index is 1.95. The van der Waals surface area contributed by atoms with Gasteiger partial charge in [0.25, 0.3) is 0 Å². The maximum absolute atomic E-state index is 10.5. The van der Waals surface area contributed by atoms with Gasteiger partial charge in [0, 0.05) is 6.54 Å². The number of aliphatic hydroxyl groups is 1. The number of rotatable bonds is 0. The third-order valence-corrected chi connectivity index (χ3v) is 4.48. The van der Waals surface area contributed by atoms with E-state index in [2.05, 4.69) is 25.1 Å². The van der Waals surface area contributed by atoms with E-state index >= 15 is 0 Å². The van der Waals surface area contributed by atoms with E-state index in [1.165, 1.54) is 0 Å². The summed E-state index contributed by atoms with van der Waals surface area (Å²) in [6.45, 7) is 6.33. The van der Waals surface area contributed by atoms with Gasteiger partial charge in [-0.2, -0.15) is 0 Å². The predicted octanol–water partition coefficient (Wildman–Crippen LogP) is 1.16. The predicted molar refractivity (Wildman–Crippen MR) is 77.5 cm³/mol. The number of piperidine rings is 1. The first kappa shape index (κ1) is 12.8. The standard InChI is InChI=1S/C14H19N5O2/c1-7-9-4-5-14(3,20)6-19(9)12-10-11(15-8(2)16-12)17-18-13(10)21-7/h7,9,20H,4-6H2,1-3H3,(H,15,16,17,18)/t7?,9-,14-/m0/s1. The van der Waals surface area contributed by atoms with E-state index in [1.807, 2.05) is 20.8 Å². The normalized spacial score (nSPS) is 31.7. The van der Waals surface area contributed by atoms with Crippen LogP contribution in [0.3, 0.4) is 0 Å². The zero-order chi connectivity index (χ0) is 14.8. The summed E-state index contributed by atoms with van der Waals surface area (Å²) in [7, 11) is 0. The largest absolute Gasteiger partial charge is 0.471 e. The average Bonchev–Trinajstić information content (AvgIpc) is 2.74. The van der Waals surface area contributed by atoms with Gasteiger partial charge in [0.05, 0.1) is 11.6 Å². The molecule has 2 aliphatic heterocycles. The fourth-order valence-corrected chi connectivity index (χ4v) is 3.44. The summed E-state index contributed by atoms with van der Waals surface area (Å²) in [5.41, 5.74) is -0.0270. The first-order valence-corrected chi connectivity index (χ1v) is 7.33. The lowest BCUT2D eigenvalue weighted by molar-refractivity contribution is 0.0242. The molecule has 2 N–H and O–H groups in total. The Kier molecular flexibility index (Phi) is 2.48. The highest BCUT2D eigenvalue weighted by molar-refractivity contribution is 5.92. The Morgan fingerprint density at radius 2 is 2.24 bits per heavy atom. The van der Waals surface area contributed by atoms with Crippen molar-refractivity contribution in [1.82, 2.24) is 20.2 Å². The second kappa shape index (κ2) is 4.07. The van der Waals surface area contributed by atoms with Crippen LogP contribution < -0.4 is 9.64 Å². The molecule has 21 heavy (non-hydrogen) atoms. The number of hydrogen-bond acceptors (Lipinski definition) is 6. The molecule has 4 heterocycles. The molecule has 0 spiro atoms. The summed E-state index contributed by atoms with van der Waals surface area (Å²) < 4.78 is 6.00. The molecule has 0 saturated carbocycles. The molecule has 1 unspecified atom stereocenters. The molecule has 2 aromatic rings. The summed E-state index contributed by atoms with van der Waals surface area (Å²) in [5, 5.41) is 18.4. The number of nitrogens with one attached hydrogen (secondary N) is 1. The van der Waals surface area contributed by atoms with E-state index in [-0.39, 0.29) is 12.1 Å². The first-order chi connectivity index (χ1) is 9.94. The SMILES string of the molecule is Cc1nc2c3c(n[nH]c3n1)OC(C)[C@@H]1CC[C@](C)(O)CN21. The highest BCUT2D eigenvalue weighted by Crippen LogP contribution is 2.40. The Bertz CT molecular complexity index is 711. The summed E-state index contributed by atoms with van der Waals surface area (Å²) in [4.78, 5) is 11.2. The molecule has 1 fully saturated rings. The molecule has 1 saturated heterocycles. The molecular formula is C14H19N5O2. The van der Waals surface area contributed by atoms with E-state index in [0.29, 0.717) is 23.9 Å². The van der Waals surface area contributed by atoms with Crippen LogP contribution in [0.5, 0.6) is 5.88 Å². The van der Waals surface area contributed by atoms with Gasteiger partial charge in [-0.25, -0.2) is 9.97 Å². The first-order valence-electron chi connectivity index (χ1n) is 7.33. The van der Waals surface area contributed by atoms with Crippen molar-refractivity contribution < 1.29 is 9.84 Å². The molecule has 0 aromatic carbocycles. The molecule has 0 radical (unpaired) electrons. The minimum atomic E-state index is -0.713. The lowest BCUT2D eigenvalue weighted by atomic mass is 9.88. The van der Waals surface area contributed by atoms with Crippen molar-refractivity contribution in [1.29, 1.82) is 0 Å². The van der Waals surface area contributed by atoms with Crippen LogP contribution in [-0.4, -0.2) is 49.6 Å². The van der Waals surface area contributed by atoms with Crippen LogP contribution in [0, 0.1) is 6.92 Å². The number of H-pyrrole nitrogens is 1. The van der Waals surface area contributed by atoms with Crippen molar-refractivity contribution in [3.05, 3.63) is 5.82 Å². The van der Waals surface area contributed by atoms with Crippen LogP contribution in [0.4, 0.5) is 5.82 Å². The van der Waals surface area contributed by atoms with Crippen molar-refractivity contribution in [2.45, 2.75) is 51.4 Å². The smallest absolute Gasteiger partial charge is 0.246 e. The Hall–Kier alpha value is -1.89. The Morgan fingerprint density at radius 1 is 1.43 bits per heavy atom. The Labute approximate surface area is 122 Å². The van der Waals surface area contributed by atoms with Gasteiger partial charge in [-0.1, -0.05) is 0 Å². The number of nitrogens with zero attached hydrogens (tertiary/aromatic N) is 4. The van der Waals surface area contributed by atoms with Crippen molar-refractivity contribution in [3.8, 4) is 5.88 Å². The third kappa shape index (κ3) is 1.87. The molecule has 3 atom stereocenters. The minimum Gasteiger partial charge on any atom is -0.471 e. The van der Waals surface area contributed by atoms with Gasteiger partial charge in [-0.15, -0.1) is 5.10 Å². The number of aryl methyl sites for hydroxylation is 1. The molecule has 0 aliphatic carbocycles. The summed E-state index contributed by atoms with van der Waals surface area (Å²) >= 11 is 0. The molecule has 0 bridgehead atoms. The van der Waals surface area contributed by atoms with Crippen molar-refractivity contribution in [2.24, 2.45) is 0 Å². The zero-order valence-corrected chi connectivity index (χ0v) is 12.4. The topological polar surface area (TPSA) is 87.2 Å². The molecule has 7 nitrogen and oxygen atoms in total. The van der Waals surface area contributed by atoms with E-state index in [9.17, 15) is 5.11 Å². The fraction of sp³-hybridized carbons (Fsp3) is 0.643. The highest BCUT2D eigenvalue weighted by atomic mass is 16.5. The minimum absolute atomic E-state index is 0.0119. The van der Waals surface area contributed by atoms with E-state index in [4.69, 9.17) is 4.74 Å². The highest BCUT2D eigenvalue weighted by Gasteiger charge is 2.42. The zero-order valence-electron chi connectivity index (χ0n) is 12.4. The molecule has 7 heteroatoms. The van der Waals surface area contributed by atoms with Crippen LogP contribution in [0.1, 0.15) is 32.5 Å². The average molecular weight is 289 g/mol. The quantitative estimate of drug-likeness (QED) is 0.757. The number of aromatic amines is 1. The van der Waals surface area contributed by atoms with E-state index < -0.39 is 5.60 Å². The van der Waals surface area contributed by atoms with Crippen molar-refractivity contribution >= 4 is 16.9 Å². The number of hydrogen-bond donors (Lipinski definition) is 2. The molecule has 4 rings (SSSR count). The van der Waals surface area contributed by atoms with E-state index in [0.717, 1.165) is 24.0 Å². The molecular weight excluding hydrogens is 270 g/mol. The molecule has 2 aromatic heterocycles. The van der Waals surface area contributed by atoms with Crippen molar-refractivity contribution in [3.63, 3.8) is 0 Å². The van der Waals surface area contributed by atoms with Gasteiger partial charge in [0.1, 0.15) is 23.1 Å². The van der Waals surface area contributed by atoms with E-state index in [1.54, 1.807) is 0 Å².